The summed E-state index contributed by atoms with van der Waals surface area (Å²) < 4.78 is 10.9. The first-order chi connectivity index (χ1) is 14.1. The van der Waals surface area contributed by atoms with E-state index in [9.17, 15) is 9.59 Å². The summed E-state index contributed by atoms with van der Waals surface area (Å²) >= 11 is 0. The predicted octanol–water partition coefficient (Wildman–Crippen LogP) is 4.13. The molecule has 2 aromatic carbocycles. The molecule has 0 radical (unpaired) electrons. The van der Waals surface area contributed by atoms with E-state index < -0.39 is 11.8 Å². The van der Waals surface area contributed by atoms with Crippen molar-refractivity contribution in [3.63, 3.8) is 0 Å². The Morgan fingerprint density at radius 2 is 1.72 bits per heavy atom. The molecule has 6 nitrogen and oxygen atoms in total. The molecule has 2 N–H and O–H groups in total. The fourth-order valence-electron chi connectivity index (χ4n) is 2.62. The van der Waals surface area contributed by atoms with Crippen molar-refractivity contribution in [3.05, 3.63) is 65.7 Å². The van der Waals surface area contributed by atoms with Crippen molar-refractivity contribution in [2.24, 2.45) is 0 Å². The van der Waals surface area contributed by atoms with Gasteiger partial charge in [0.05, 0.1) is 13.7 Å². The molecule has 0 atom stereocenters. The summed E-state index contributed by atoms with van der Waals surface area (Å²) in [4.78, 5) is 24.1. The molecule has 29 heavy (non-hydrogen) atoms. The molecule has 0 aliphatic rings. The molecule has 0 unspecified atom stereocenters. The highest BCUT2D eigenvalue weighted by Crippen LogP contribution is 2.18. The van der Waals surface area contributed by atoms with E-state index in [1.807, 2.05) is 18.2 Å². The van der Waals surface area contributed by atoms with Gasteiger partial charge < -0.3 is 9.47 Å². The van der Waals surface area contributed by atoms with Gasteiger partial charge in [-0.25, -0.2) is 0 Å². The third-order valence-corrected chi connectivity index (χ3v) is 4.24. The number of carbonyl (C=O) groups is 2. The standard InChI is InChI=1S/C23H28N2O4/c1-3-4-5-8-17-29-20-14-11-19(12-15-20)23(27)25-24-22(26)16-13-18-9-6-7-10-21(18)28-2/h6-7,9-16H,3-5,8,17H2,1-2H3,(H,24,26)(H,25,27)/b16-13+. The van der Waals surface area contributed by atoms with Gasteiger partial charge in [-0.3, -0.25) is 20.4 Å². The van der Waals surface area contributed by atoms with Crippen LogP contribution in [-0.4, -0.2) is 25.5 Å². The van der Waals surface area contributed by atoms with Crippen molar-refractivity contribution in [2.45, 2.75) is 32.6 Å². The quantitative estimate of drug-likeness (QED) is 0.360. The number of ether oxygens (including phenoxy) is 2. The highest BCUT2D eigenvalue weighted by atomic mass is 16.5. The number of unbranched alkanes of at least 4 members (excludes halogenated alkanes) is 3. The molecule has 0 saturated heterocycles. The maximum atomic E-state index is 12.2. The lowest BCUT2D eigenvalue weighted by Gasteiger charge is -2.08. The number of carbonyl (C=O) groups excluding carboxylic acids is 2. The van der Waals surface area contributed by atoms with Crippen LogP contribution in [0.4, 0.5) is 0 Å². The maximum absolute atomic E-state index is 12.2. The van der Waals surface area contributed by atoms with Crippen molar-refractivity contribution in [3.8, 4) is 11.5 Å². The third-order valence-electron chi connectivity index (χ3n) is 4.24. The van der Waals surface area contributed by atoms with Crippen LogP contribution in [0.2, 0.25) is 0 Å². The zero-order chi connectivity index (χ0) is 20.9. The van der Waals surface area contributed by atoms with Crippen molar-refractivity contribution in [2.75, 3.05) is 13.7 Å². The smallest absolute Gasteiger partial charge is 0.269 e. The monoisotopic (exact) mass is 396 g/mol. The summed E-state index contributed by atoms with van der Waals surface area (Å²) in [6.07, 6.45) is 7.52. The summed E-state index contributed by atoms with van der Waals surface area (Å²) in [5, 5.41) is 0. The fraction of sp³-hybridized carbons (Fsp3) is 0.304. The number of rotatable bonds is 10. The Kier molecular flexibility index (Phi) is 9.29. The Hall–Kier alpha value is -3.28. The highest BCUT2D eigenvalue weighted by molar-refractivity contribution is 5.98. The van der Waals surface area contributed by atoms with E-state index in [0.29, 0.717) is 17.9 Å². The lowest BCUT2D eigenvalue weighted by molar-refractivity contribution is -0.117. The molecular weight excluding hydrogens is 368 g/mol. The number of benzene rings is 2. The van der Waals surface area contributed by atoms with E-state index in [0.717, 1.165) is 24.2 Å². The lowest BCUT2D eigenvalue weighted by Crippen LogP contribution is -2.40. The Morgan fingerprint density at radius 1 is 0.966 bits per heavy atom. The maximum Gasteiger partial charge on any atom is 0.269 e. The van der Waals surface area contributed by atoms with Crippen molar-refractivity contribution < 1.29 is 19.1 Å². The van der Waals surface area contributed by atoms with E-state index in [2.05, 4.69) is 17.8 Å². The van der Waals surface area contributed by atoms with Crippen LogP contribution in [0.5, 0.6) is 11.5 Å². The van der Waals surface area contributed by atoms with E-state index >= 15 is 0 Å². The Morgan fingerprint density at radius 3 is 2.45 bits per heavy atom. The van der Waals surface area contributed by atoms with E-state index in [-0.39, 0.29) is 0 Å². The molecule has 2 aromatic rings. The second-order valence-corrected chi connectivity index (χ2v) is 6.45. The topological polar surface area (TPSA) is 76.7 Å². The Bertz CT molecular complexity index is 816. The lowest BCUT2D eigenvalue weighted by atomic mass is 10.2. The van der Waals surface area contributed by atoms with Crippen molar-refractivity contribution in [1.29, 1.82) is 0 Å². The van der Waals surface area contributed by atoms with Gasteiger partial charge in [-0.05, 0) is 42.8 Å². The zero-order valence-electron chi connectivity index (χ0n) is 16.9. The van der Waals surface area contributed by atoms with E-state index in [4.69, 9.17) is 9.47 Å². The minimum atomic E-state index is -0.448. The molecule has 154 valence electrons. The molecule has 0 aliphatic carbocycles. The largest absolute Gasteiger partial charge is 0.496 e. The van der Waals surface area contributed by atoms with Crippen LogP contribution in [0.25, 0.3) is 6.08 Å². The first-order valence-electron chi connectivity index (χ1n) is 9.78. The molecule has 0 saturated carbocycles. The van der Waals surface area contributed by atoms with Gasteiger partial charge in [-0.2, -0.15) is 0 Å². The molecule has 0 aromatic heterocycles. The van der Waals surface area contributed by atoms with Crippen molar-refractivity contribution in [1.82, 2.24) is 10.9 Å². The van der Waals surface area contributed by atoms with Gasteiger partial charge in [0.15, 0.2) is 0 Å². The normalized spacial score (nSPS) is 10.6. The average Bonchev–Trinajstić information content (AvgIpc) is 2.76. The van der Waals surface area contributed by atoms with Gasteiger partial charge in [-0.1, -0.05) is 44.4 Å². The zero-order valence-corrected chi connectivity index (χ0v) is 16.9. The molecule has 2 rings (SSSR count). The van der Waals surface area contributed by atoms with Crippen LogP contribution < -0.4 is 20.3 Å². The first kappa shape index (κ1) is 22.0. The number of para-hydroxylation sites is 1. The number of hydrogen-bond donors (Lipinski definition) is 2. The highest BCUT2D eigenvalue weighted by Gasteiger charge is 2.07. The van der Waals surface area contributed by atoms with Crippen LogP contribution in [0.3, 0.4) is 0 Å². The summed E-state index contributed by atoms with van der Waals surface area (Å²) in [7, 11) is 1.57. The molecular formula is C23H28N2O4. The average molecular weight is 396 g/mol. The molecule has 0 fully saturated rings. The van der Waals surface area contributed by atoms with Gasteiger partial charge in [0.25, 0.3) is 11.8 Å². The van der Waals surface area contributed by atoms with Crippen LogP contribution in [0.15, 0.2) is 54.6 Å². The van der Waals surface area contributed by atoms with E-state index in [1.54, 1.807) is 43.5 Å². The Labute approximate surface area is 171 Å². The van der Waals surface area contributed by atoms with E-state index in [1.165, 1.54) is 18.9 Å². The number of amides is 2. The summed E-state index contributed by atoms with van der Waals surface area (Å²) in [5.41, 5.74) is 5.94. The van der Waals surface area contributed by atoms with Gasteiger partial charge in [-0.15, -0.1) is 0 Å². The van der Waals surface area contributed by atoms with Crippen LogP contribution in [-0.2, 0) is 4.79 Å². The number of hydrazine groups is 1. The number of nitrogens with one attached hydrogen (secondary N) is 2. The second-order valence-electron chi connectivity index (χ2n) is 6.45. The molecule has 0 aliphatic heterocycles. The second kappa shape index (κ2) is 12.2. The third kappa shape index (κ3) is 7.70. The molecule has 0 spiro atoms. The summed E-state index contributed by atoms with van der Waals surface area (Å²) in [5.74, 6) is 0.532. The Balaban J connectivity index is 1.78. The fourth-order valence-corrected chi connectivity index (χ4v) is 2.62. The van der Waals surface area contributed by atoms with Gasteiger partial charge in [0.1, 0.15) is 11.5 Å². The summed E-state index contributed by atoms with van der Waals surface area (Å²) in [6, 6.07) is 14.1. The molecule has 2 amide bonds. The molecule has 6 heteroatoms. The van der Waals surface area contributed by atoms with Crippen LogP contribution >= 0.6 is 0 Å². The SMILES string of the molecule is CCCCCCOc1ccc(C(=O)NNC(=O)/C=C/c2ccccc2OC)cc1. The van der Waals surface area contributed by atoms with Crippen LogP contribution in [0.1, 0.15) is 48.5 Å². The molecule has 0 heterocycles. The van der Waals surface area contributed by atoms with Crippen molar-refractivity contribution >= 4 is 17.9 Å². The van der Waals surface area contributed by atoms with Gasteiger partial charge in [0.2, 0.25) is 0 Å². The minimum Gasteiger partial charge on any atom is -0.496 e. The minimum absolute atomic E-state index is 0.404. The first-order valence-corrected chi connectivity index (χ1v) is 9.78. The number of methoxy groups -OCH3 is 1. The molecule has 0 bridgehead atoms. The van der Waals surface area contributed by atoms with Crippen LogP contribution in [0, 0.1) is 0 Å². The van der Waals surface area contributed by atoms with Gasteiger partial charge >= 0.3 is 0 Å². The van der Waals surface area contributed by atoms with Gasteiger partial charge in [0, 0.05) is 17.2 Å². The number of hydrogen-bond acceptors (Lipinski definition) is 4. The predicted molar refractivity (Wildman–Crippen MR) is 114 cm³/mol. The summed E-state index contributed by atoms with van der Waals surface area (Å²) in [6.45, 7) is 2.84.